The van der Waals surface area contributed by atoms with Gasteiger partial charge < -0.3 is 16.0 Å². The van der Waals surface area contributed by atoms with Gasteiger partial charge in [-0.25, -0.2) is 0 Å². The van der Waals surface area contributed by atoms with Crippen LogP contribution >= 0.6 is 0 Å². The Morgan fingerprint density at radius 1 is 1.24 bits per heavy atom. The molecule has 2 amide bonds. The van der Waals surface area contributed by atoms with E-state index in [9.17, 15) is 9.59 Å². The molecule has 0 aromatic heterocycles. The molecule has 0 bridgehead atoms. The van der Waals surface area contributed by atoms with E-state index in [2.05, 4.69) is 5.32 Å². The first-order valence-electron chi connectivity index (χ1n) is 8.35. The molecule has 1 saturated heterocycles. The molecule has 1 aliphatic heterocycles. The third kappa shape index (κ3) is 4.70. The van der Waals surface area contributed by atoms with E-state index in [1.54, 1.807) is 4.90 Å². The van der Waals surface area contributed by atoms with Crippen LogP contribution < -0.4 is 11.1 Å². The van der Waals surface area contributed by atoms with Crippen LogP contribution in [-0.2, 0) is 9.59 Å². The van der Waals surface area contributed by atoms with Crippen LogP contribution in [-0.4, -0.2) is 41.4 Å². The molecular weight excluding hydrogens is 266 g/mol. The van der Waals surface area contributed by atoms with Crippen LogP contribution in [0.15, 0.2) is 0 Å². The minimum Gasteiger partial charge on any atom is -0.352 e. The molecule has 0 radical (unpaired) electrons. The second-order valence-electron chi connectivity index (χ2n) is 6.78. The number of hydrogen-bond acceptors (Lipinski definition) is 3. The zero-order valence-electron chi connectivity index (χ0n) is 13.3. The van der Waals surface area contributed by atoms with Gasteiger partial charge in [-0.1, -0.05) is 13.3 Å². The summed E-state index contributed by atoms with van der Waals surface area (Å²) in [4.78, 5) is 26.6. The molecule has 0 spiro atoms. The van der Waals surface area contributed by atoms with Crippen LogP contribution in [0.5, 0.6) is 0 Å². The molecule has 0 aromatic carbocycles. The van der Waals surface area contributed by atoms with Gasteiger partial charge in [0.1, 0.15) is 6.04 Å². The smallest absolute Gasteiger partial charge is 0.243 e. The molecule has 1 heterocycles. The number of rotatable bonds is 7. The molecular formula is C16H29N3O2. The van der Waals surface area contributed by atoms with Gasteiger partial charge in [-0.05, 0) is 45.4 Å². The first-order chi connectivity index (χ1) is 9.99. The summed E-state index contributed by atoms with van der Waals surface area (Å²) in [6, 6.07) is 0.309. The fourth-order valence-corrected chi connectivity index (χ4v) is 2.98. The monoisotopic (exact) mass is 295 g/mol. The van der Waals surface area contributed by atoms with Gasteiger partial charge in [0.25, 0.3) is 0 Å². The molecule has 3 N–H and O–H groups in total. The lowest BCUT2D eigenvalue weighted by molar-refractivity contribution is -0.141. The van der Waals surface area contributed by atoms with Crippen molar-refractivity contribution in [1.82, 2.24) is 10.2 Å². The highest BCUT2D eigenvalue weighted by atomic mass is 16.2. The summed E-state index contributed by atoms with van der Waals surface area (Å²) in [7, 11) is 0. The Morgan fingerprint density at radius 2 is 1.95 bits per heavy atom. The predicted molar refractivity (Wildman–Crippen MR) is 82.6 cm³/mol. The average molecular weight is 295 g/mol. The molecule has 2 aliphatic rings. The van der Waals surface area contributed by atoms with Crippen molar-refractivity contribution in [2.24, 2.45) is 11.7 Å². The van der Waals surface area contributed by atoms with Crippen molar-refractivity contribution in [1.29, 1.82) is 0 Å². The van der Waals surface area contributed by atoms with Gasteiger partial charge in [-0.3, -0.25) is 9.59 Å². The molecule has 0 aromatic rings. The number of nitrogens with two attached hydrogens (primary N) is 1. The van der Waals surface area contributed by atoms with Crippen molar-refractivity contribution in [3.05, 3.63) is 0 Å². The van der Waals surface area contributed by atoms with E-state index < -0.39 is 0 Å². The molecule has 2 rings (SSSR count). The van der Waals surface area contributed by atoms with Gasteiger partial charge in [0, 0.05) is 24.5 Å². The lowest BCUT2D eigenvalue weighted by atomic mass is 10.0. The van der Waals surface area contributed by atoms with Crippen LogP contribution in [0.1, 0.15) is 58.8 Å². The van der Waals surface area contributed by atoms with Crippen molar-refractivity contribution in [3.8, 4) is 0 Å². The van der Waals surface area contributed by atoms with Crippen molar-refractivity contribution >= 4 is 11.8 Å². The normalized spacial score (nSPS) is 24.7. The highest BCUT2D eigenvalue weighted by Gasteiger charge is 2.37. The standard InChI is InChI=1S/C16H29N3O2/c1-11(5-3-6-12(2)17)16(21)19-10-4-7-14(19)15(20)18-13-8-9-13/h11-14H,3-10,17H2,1-2H3,(H,18,20). The first kappa shape index (κ1) is 16.3. The first-order valence-corrected chi connectivity index (χ1v) is 8.35. The second-order valence-corrected chi connectivity index (χ2v) is 6.78. The summed E-state index contributed by atoms with van der Waals surface area (Å²) in [5.41, 5.74) is 5.74. The van der Waals surface area contributed by atoms with Gasteiger partial charge in [-0.2, -0.15) is 0 Å². The minimum absolute atomic E-state index is 0.0157. The van der Waals surface area contributed by atoms with Gasteiger partial charge in [0.15, 0.2) is 0 Å². The third-order valence-electron chi connectivity index (χ3n) is 4.48. The van der Waals surface area contributed by atoms with Gasteiger partial charge in [-0.15, -0.1) is 0 Å². The SMILES string of the molecule is CC(N)CCCC(C)C(=O)N1CCCC1C(=O)NC1CC1. The third-order valence-corrected chi connectivity index (χ3v) is 4.48. The lowest BCUT2D eigenvalue weighted by Crippen LogP contribution is -2.48. The number of amides is 2. The van der Waals surface area contributed by atoms with E-state index >= 15 is 0 Å². The van der Waals surface area contributed by atoms with Gasteiger partial charge >= 0.3 is 0 Å². The van der Waals surface area contributed by atoms with E-state index in [1.807, 2.05) is 13.8 Å². The number of carbonyl (C=O) groups excluding carboxylic acids is 2. The van der Waals surface area contributed by atoms with E-state index in [0.717, 1.165) is 51.5 Å². The number of nitrogens with zero attached hydrogens (tertiary/aromatic N) is 1. The zero-order valence-corrected chi connectivity index (χ0v) is 13.3. The highest BCUT2D eigenvalue weighted by molar-refractivity contribution is 5.89. The summed E-state index contributed by atoms with van der Waals surface area (Å²) in [5.74, 6) is 0.164. The molecule has 2 fully saturated rings. The Hall–Kier alpha value is -1.10. The Balaban J connectivity index is 1.82. The summed E-state index contributed by atoms with van der Waals surface area (Å²) in [5, 5.41) is 3.03. The van der Waals surface area contributed by atoms with Crippen LogP contribution in [0, 0.1) is 5.92 Å². The number of likely N-dealkylation sites (tertiary alicyclic amines) is 1. The maximum atomic E-state index is 12.6. The minimum atomic E-state index is -0.242. The summed E-state index contributed by atoms with van der Waals surface area (Å²) >= 11 is 0. The number of carbonyl (C=O) groups is 2. The summed E-state index contributed by atoms with van der Waals surface area (Å²) < 4.78 is 0. The van der Waals surface area contributed by atoms with Crippen LogP contribution in [0.2, 0.25) is 0 Å². The molecule has 5 nitrogen and oxygen atoms in total. The van der Waals surface area contributed by atoms with Crippen LogP contribution in [0.4, 0.5) is 0 Å². The van der Waals surface area contributed by atoms with Crippen molar-refractivity contribution in [2.75, 3.05) is 6.54 Å². The highest BCUT2D eigenvalue weighted by Crippen LogP contribution is 2.24. The quantitative estimate of drug-likeness (QED) is 0.745. The average Bonchev–Trinajstić information content (AvgIpc) is 3.10. The van der Waals surface area contributed by atoms with Crippen LogP contribution in [0.25, 0.3) is 0 Å². The Morgan fingerprint density at radius 3 is 2.57 bits per heavy atom. The number of hydrogen-bond donors (Lipinski definition) is 2. The van der Waals surface area contributed by atoms with Crippen molar-refractivity contribution < 1.29 is 9.59 Å². The Labute approximate surface area is 127 Å². The lowest BCUT2D eigenvalue weighted by Gasteiger charge is -2.27. The molecule has 21 heavy (non-hydrogen) atoms. The zero-order chi connectivity index (χ0) is 15.4. The Kier molecular flexibility index (Phi) is 5.62. The molecule has 5 heteroatoms. The Bertz CT molecular complexity index is 380. The summed E-state index contributed by atoms with van der Waals surface area (Å²) in [6.45, 7) is 4.68. The van der Waals surface area contributed by atoms with E-state index in [1.165, 1.54) is 0 Å². The maximum absolute atomic E-state index is 12.6. The number of nitrogens with one attached hydrogen (secondary N) is 1. The maximum Gasteiger partial charge on any atom is 0.243 e. The van der Waals surface area contributed by atoms with Crippen molar-refractivity contribution in [3.63, 3.8) is 0 Å². The van der Waals surface area contributed by atoms with Crippen LogP contribution in [0.3, 0.4) is 0 Å². The van der Waals surface area contributed by atoms with E-state index in [4.69, 9.17) is 5.73 Å². The predicted octanol–water partition coefficient (Wildman–Crippen LogP) is 1.41. The summed E-state index contributed by atoms with van der Waals surface area (Å²) in [6.07, 6.45) is 6.67. The fraction of sp³-hybridized carbons (Fsp3) is 0.875. The molecule has 3 unspecified atom stereocenters. The topological polar surface area (TPSA) is 75.4 Å². The molecule has 1 saturated carbocycles. The largest absolute Gasteiger partial charge is 0.352 e. The molecule has 3 atom stereocenters. The van der Waals surface area contributed by atoms with Gasteiger partial charge in [0.2, 0.25) is 11.8 Å². The molecule has 120 valence electrons. The second kappa shape index (κ2) is 7.25. The van der Waals surface area contributed by atoms with Crippen molar-refractivity contribution in [2.45, 2.75) is 76.9 Å². The fourth-order valence-electron chi connectivity index (χ4n) is 2.98. The van der Waals surface area contributed by atoms with E-state index in [-0.39, 0.29) is 29.8 Å². The molecule has 1 aliphatic carbocycles. The van der Waals surface area contributed by atoms with E-state index in [0.29, 0.717) is 6.04 Å². The van der Waals surface area contributed by atoms with Gasteiger partial charge in [0.05, 0.1) is 0 Å².